The van der Waals surface area contributed by atoms with Crippen molar-refractivity contribution >= 4 is 27.8 Å². The highest BCUT2D eigenvalue weighted by Gasteiger charge is 2.13. The van der Waals surface area contributed by atoms with Crippen molar-refractivity contribution in [3.8, 4) is 0 Å². The third kappa shape index (κ3) is 5.65. The van der Waals surface area contributed by atoms with Gasteiger partial charge in [-0.2, -0.15) is 0 Å². The molecule has 1 aromatic carbocycles. The molecule has 0 atom stereocenters. The summed E-state index contributed by atoms with van der Waals surface area (Å²) in [5, 5.41) is 9.69. The summed E-state index contributed by atoms with van der Waals surface area (Å²) in [6.45, 7) is 3.48. The van der Waals surface area contributed by atoms with E-state index in [1.54, 1.807) is 20.1 Å². The molecule has 0 saturated carbocycles. The Morgan fingerprint density at radius 2 is 2.00 bits per heavy atom. The fraction of sp³-hybridized carbons (Fsp3) is 0.308. The maximum absolute atomic E-state index is 9.69. The highest BCUT2D eigenvalue weighted by molar-refractivity contribution is 9.10. The van der Waals surface area contributed by atoms with E-state index in [-0.39, 0.29) is 0 Å². The van der Waals surface area contributed by atoms with Gasteiger partial charge >= 0.3 is 0 Å². The minimum absolute atomic E-state index is 0.476. The van der Waals surface area contributed by atoms with E-state index in [4.69, 9.17) is 5.73 Å². The molecule has 0 heterocycles. The van der Waals surface area contributed by atoms with Gasteiger partial charge in [0.15, 0.2) is 0 Å². The van der Waals surface area contributed by atoms with E-state index in [9.17, 15) is 5.11 Å². The Labute approximate surface area is 110 Å². The second-order valence-electron chi connectivity index (χ2n) is 4.47. The van der Waals surface area contributed by atoms with E-state index < -0.39 is 5.60 Å². The lowest BCUT2D eigenvalue weighted by Gasteiger charge is -2.16. The van der Waals surface area contributed by atoms with Gasteiger partial charge in [-0.05, 0) is 49.9 Å². The monoisotopic (exact) mass is 296 g/mol. The van der Waals surface area contributed by atoms with Gasteiger partial charge in [0.1, 0.15) is 0 Å². The second kappa shape index (κ2) is 5.98. The molecule has 0 spiro atoms. The van der Waals surface area contributed by atoms with Gasteiger partial charge in [0.25, 0.3) is 0 Å². The number of nitrogens with zero attached hydrogens (tertiary/aromatic N) is 1. The van der Waals surface area contributed by atoms with Crippen molar-refractivity contribution in [2.24, 2.45) is 10.7 Å². The summed E-state index contributed by atoms with van der Waals surface area (Å²) < 4.78 is 1.02. The summed E-state index contributed by atoms with van der Waals surface area (Å²) in [6, 6.07) is 7.65. The van der Waals surface area contributed by atoms with E-state index in [1.807, 2.05) is 24.3 Å². The number of nitrogens with two attached hydrogens (primary N) is 1. The Balaban J connectivity index is 2.72. The van der Waals surface area contributed by atoms with Crippen LogP contribution in [0.25, 0.3) is 0 Å². The molecule has 0 amide bonds. The molecule has 3 N–H and O–H groups in total. The Hall–Kier alpha value is -1.13. The second-order valence-corrected chi connectivity index (χ2v) is 5.38. The SMILES string of the molecule is CC(C)(O)CC(C=Nc1ccc(Br)cc1)=CN. The van der Waals surface area contributed by atoms with Crippen LogP contribution in [0.1, 0.15) is 20.3 Å². The lowest BCUT2D eigenvalue weighted by Crippen LogP contribution is -2.20. The van der Waals surface area contributed by atoms with Gasteiger partial charge in [-0.3, -0.25) is 4.99 Å². The summed E-state index contributed by atoms with van der Waals surface area (Å²) in [5.74, 6) is 0. The molecule has 92 valence electrons. The number of rotatable bonds is 4. The Morgan fingerprint density at radius 3 is 2.47 bits per heavy atom. The number of hydrogen-bond donors (Lipinski definition) is 2. The van der Waals surface area contributed by atoms with Crippen molar-refractivity contribution in [1.29, 1.82) is 0 Å². The highest BCUT2D eigenvalue weighted by atomic mass is 79.9. The summed E-state index contributed by atoms with van der Waals surface area (Å²) in [7, 11) is 0. The van der Waals surface area contributed by atoms with Crippen LogP contribution in [0.4, 0.5) is 5.69 Å². The van der Waals surface area contributed by atoms with Crippen LogP contribution in [0.3, 0.4) is 0 Å². The molecule has 1 rings (SSSR count). The fourth-order valence-corrected chi connectivity index (χ4v) is 1.60. The van der Waals surface area contributed by atoms with Crippen molar-refractivity contribution in [3.63, 3.8) is 0 Å². The van der Waals surface area contributed by atoms with Gasteiger partial charge in [-0.1, -0.05) is 15.9 Å². The molecule has 0 saturated heterocycles. The predicted octanol–water partition coefficient (Wildman–Crippen LogP) is 3.16. The topological polar surface area (TPSA) is 58.6 Å². The molecule has 3 nitrogen and oxygen atoms in total. The molecule has 1 aromatic rings. The zero-order valence-corrected chi connectivity index (χ0v) is 11.6. The largest absolute Gasteiger partial charge is 0.404 e. The Kier molecular flexibility index (Phi) is 4.90. The van der Waals surface area contributed by atoms with E-state index in [0.29, 0.717) is 6.42 Å². The zero-order chi connectivity index (χ0) is 12.9. The normalized spacial score (nSPS) is 13.3. The standard InChI is InChI=1S/C13H17BrN2O/c1-13(2,17)7-10(8-15)9-16-12-5-3-11(14)4-6-12/h3-6,8-9,17H,7,15H2,1-2H3. The molecule has 17 heavy (non-hydrogen) atoms. The summed E-state index contributed by atoms with van der Waals surface area (Å²) in [6.07, 6.45) is 3.63. The quantitative estimate of drug-likeness (QED) is 0.839. The van der Waals surface area contributed by atoms with Crippen molar-refractivity contribution in [2.75, 3.05) is 0 Å². The van der Waals surface area contributed by atoms with Crippen LogP contribution in [0, 0.1) is 0 Å². The van der Waals surface area contributed by atoms with Crippen molar-refractivity contribution < 1.29 is 5.11 Å². The summed E-state index contributed by atoms with van der Waals surface area (Å²) in [5.41, 5.74) is 6.37. The van der Waals surface area contributed by atoms with Crippen molar-refractivity contribution in [2.45, 2.75) is 25.9 Å². The number of hydrogen-bond acceptors (Lipinski definition) is 3. The molecule has 0 radical (unpaired) electrons. The van der Waals surface area contributed by atoms with Crippen LogP contribution >= 0.6 is 15.9 Å². The smallest absolute Gasteiger partial charge is 0.0633 e. The number of aliphatic imine (C=N–C) groups is 1. The first-order chi connectivity index (χ1) is 7.90. The van der Waals surface area contributed by atoms with E-state index in [2.05, 4.69) is 20.9 Å². The zero-order valence-electron chi connectivity index (χ0n) is 10.0. The molecular weight excluding hydrogens is 280 g/mol. The van der Waals surface area contributed by atoms with Crippen LogP contribution in [0.2, 0.25) is 0 Å². The molecular formula is C13H17BrN2O. The van der Waals surface area contributed by atoms with Crippen LogP contribution in [-0.4, -0.2) is 16.9 Å². The third-order valence-electron chi connectivity index (χ3n) is 2.06. The maximum atomic E-state index is 9.69. The van der Waals surface area contributed by atoms with Crippen molar-refractivity contribution in [3.05, 3.63) is 40.5 Å². The van der Waals surface area contributed by atoms with Gasteiger partial charge in [0.05, 0.1) is 11.3 Å². The first-order valence-corrected chi connectivity index (χ1v) is 6.13. The molecule has 0 fully saturated rings. The van der Waals surface area contributed by atoms with Crippen LogP contribution in [0.5, 0.6) is 0 Å². The van der Waals surface area contributed by atoms with Gasteiger partial charge in [0.2, 0.25) is 0 Å². The van der Waals surface area contributed by atoms with Crippen LogP contribution < -0.4 is 5.73 Å². The third-order valence-corrected chi connectivity index (χ3v) is 2.59. The van der Waals surface area contributed by atoms with Gasteiger partial charge in [-0.15, -0.1) is 0 Å². The van der Waals surface area contributed by atoms with Crippen molar-refractivity contribution in [1.82, 2.24) is 0 Å². The van der Waals surface area contributed by atoms with Gasteiger partial charge in [0, 0.05) is 17.1 Å². The predicted molar refractivity (Wildman–Crippen MR) is 75.5 cm³/mol. The Morgan fingerprint density at radius 1 is 1.41 bits per heavy atom. The van der Waals surface area contributed by atoms with E-state index in [1.165, 1.54) is 6.20 Å². The minimum atomic E-state index is -0.781. The summed E-state index contributed by atoms with van der Waals surface area (Å²) >= 11 is 3.36. The maximum Gasteiger partial charge on any atom is 0.0633 e. The molecule has 0 aromatic heterocycles. The lowest BCUT2D eigenvalue weighted by molar-refractivity contribution is 0.0824. The number of benzene rings is 1. The number of aliphatic hydroxyl groups is 1. The van der Waals surface area contributed by atoms with Gasteiger partial charge < -0.3 is 10.8 Å². The molecule has 0 bridgehead atoms. The van der Waals surface area contributed by atoms with E-state index in [0.717, 1.165) is 15.7 Å². The highest BCUT2D eigenvalue weighted by Crippen LogP contribution is 2.18. The molecule has 0 aliphatic heterocycles. The minimum Gasteiger partial charge on any atom is -0.404 e. The molecule has 0 unspecified atom stereocenters. The number of halogens is 1. The van der Waals surface area contributed by atoms with E-state index >= 15 is 0 Å². The summed E-state index contributed by atoms with van der Waals surface area (Å²) in [4.78, 5) is 4.30. The average molecular weight is 297 g/mol. The van der Waals surface area contributed by atoms with Crippen LogP contribution in [-0.2, 0) is 0 Å². The first-order valence-electron chi connectivity index (χ1n) is 5.33. The fourth-order valence-electron chi connectivity index (χ4n) is 1.33. The average Bonchev–Trinajstić information content (AvgIpc) is 2.25. The lowest BCUT2D eigenvalue weighted by atomic mass is 10.00. The first kappa shape index (κ1) is 13.9. The molecule has 0 aliphatic rings. The Bertz CT molecular complexity index is 416. The van der Waals surface area contributed by atoms with Gasteiger partial charge in [-0.25, -0.2) is 0 Å². The molecule has 4 heteroatoms. The van der Waals surface area contributed by atoms with Crippen LogP contribution in [0.15, 0.2) is 45.5 Å². The molecule has 0 aliphatic carbocycles.